The Morgan fingerprint density at radius 3 is 3.25 bits per heavy atom. The van der Waals surface area contributed by atoms with Gasteiger partial charge in [-0.15, -0.1) is 0 Å². The van der Waals surface area contributed by atoms with Crippen molar-refractivity contribution in [2.24, 2.45) is 5.73 Å². The fraction of sp³-hybridized carbons (Fsp3) is 0.667. The Labute approximate surface area is 71.6 Å². The van der Waals surface area contributed by atoms with Crippen LogP contribution in [0.5, 0.6) is 0 Å². The molecule has 2 aliphatic rings. The highest BCUT2D eigenvalue weighted by Gasteiger charge is 2.27. The number of hydrogen-bond acceptors (Lipinski definition) is 2. The van der Waals surface area contributed by atoms with Crippen molar-refractivity contribution in [1.82, 2.24) is 9.55 Å². The smallest absolute Gasteiger partial charge is 0.110 e. The van der Waals surface area contributed by atoms with E-state index >= 15 is 0 Å². The Morgan fingerprint density at radius 2 is 2.33 bits per heavy atom. The van der Waals surface area contributed by atoms with E-state index in [9.17, 15) is 0 Å². The second-order valence-electron chi connectivity index (χ2n) is 3.85. The molecule has 2 N–H and O–H groups in total. The third kappa shape index (κ3) is 0.719. The van der Waals surface area contributed by atoms with E-state index < -0.39 is 0 Å². The van der Waals surface area contributed by atoms with Crippen LogP contribution < -0.4 is 5.73 Å². The van der Waals surface area contributed by atoms with Crippen molar-refractivity contribution < 1.29 is 0 Å². The van der Waals surface area contributed by atoms with Crippen LogP contribution in [0.3, 0.4) is 0 Å². The Bertz CT molecular complexity index is 327. The van der Waals surface area contributed by atoms with E-state index in [1.54, 1.807) is 0 Å². The number of nitrogens with two attached hydrogens (primary N) is 1. The molecule has 1 aliphatic carbocycles. The normalized spacial score (nSPS) is 25.9. The monoisotopic (exact) mass is 163 g/mol. The number of imidazole rings is 1. The highest BCUT2D eigenvalue weighted by atomic mass is 15.1. The Balaban J connectivity index is 2.12. The molecule has 3 rings (SSSR count). The van der Waals surface area contributed by atoms with Gasteiger partial charge in [0.1, 0.15) is 5.82 Å². The summed E-state index contributed by atoms with van der Waals surface area (Å²) in [4.78, 5) is 4.60. The molecule has 3 nitrogen and oxygen atoms in total. The summed E-state index contributed by atoms with van der Waals surface area (Å²) in [6.07, 6.45) is 4.67. The molecule has 1 unspecified atom stereocenters. The van der Waals surface area contributed by atoms with Crippen molar-refractivity contribution >= 4 is 0 Å². The Morgan fingerprint density at radius 1 is 1.42 bits per heavy atom. The SMILES string of the molecule is NC1Cc2nc3c(n2C1)CCC3. The van der Waals surface area contributed by atoms with Gasteiger partial charge in [-0.3, -0.25) is 0 Å². The van der Waals surface area contributed by atoms with Crippen LogP contribution >= 0.6 is 0 Å². The summed E-state index contributed by atoms with van der Waals surface area (Å²) in [5.41, 5.74) is 8.68. The third-order valence-corrected chi connectivity index (χ3v) is 2.92. The zero-order valence-corrected chi connectivity index (χ0v) is 7.08. The van der Waals surface area contributed by atoms with E-state index in [1.807, 2.05) is 0 Å². The van der Waals surface area contributed by atoms with Gasteiger partial charge >= 0.3 is 0 Å². The maximum Gasteiger partial charge on any atom is 0.110 e. The van der Waals surface area contributed by atoms with Crippen LogP contribution in [0, 0.1) is 0 Å². The summed E-state index contributed by atoms with van der Waals surface area (Å²) >= 11 is 0. The largest absolute Gasteiger partial charge is 0.330 e. The minimum Gasteiger partial charge on any atom is -0.330 e. The highest BCUT2D eigenvalue weighted by molar-refractivity contribution is 5.24. The van der Waals surface area contributed by atoms with Gasteiger partial charge in [-0.2, -0.15) is 0 Å². The quantitative estimate of drug-likeness (QED) is 0.596. The number of aromatic nitrogens is 2. The minimum absolute atomic E-state index is 0.318. The van der Waals surface area contributed by atoms with Crippen molar-refractivity contribution in [1.29, 1.82) is 0 Å². The number of aryl methyl sites for hydroxylation is 1. The first kappa shape index (κ1) is 6.66. The summed E-state index contributed by atoms with van der Waals surface area (Å²) in [5.74, 6) is 1.23. The van der Waals surface area contributed by atoms with E-state index in [4.69, 9.17) is 5.73 Å². The zero-order chi connectivity index (χ0) is 8.13. The summed E-state index contributed by atoms with van der Waals surface area (Å²) in [7, 11) is 0. The molecule has 0 fully saturated rings. The average molecular weight is 163 g/mol. The van der Waals surface area contributed by atoms with Gasteiger partial charge < -0.3 is 10.3 Å². The van der Waals surface area contributed by atoms with Crippen LogP contribution in [0.25, 0.3) is 0 Å². The first-order valence-corrected chi connectivity index (χ1v) is 4.67. The third-order valence-electron chi connectivity index (χ3n) is 2.92. The van der Waals surface area contributed by atoms with Crippen molar-refractivity contribution in [2.75, 3.05) is 0 Å². The summed E-state index contributed by atoms with van der Waals surface area (Å²) in [5, 5.41) is 0. The lowest BCUT2D eigenvalue weighted by molar-refractivity contribution is 0.624. The molecule has 0 amide bonds. The summed E-state index contributed by atoms with van der Waals surface area (Å²) < 4.78 is 2.34. The van der Waals surface area contributed by atoms with Crippen LogP contribution in [0.4, 0.5) is 0 Å². The van der Waals surface area contributed by atoms with Crippen molar-refractivity contribution in [2.45, 2.75) is 38.3 Å². The van der Waals surface area contributed by atoms with Gasteiger partial charge in [-0.1, -0.05) is 0 Å². The standard InChI is InChI=1S/C9H13N3/c10-6-4-9-11-7-2-1-3-8(7)12(9)5-6/h6H,1-5,10H2. The molecule has 12 heavy (non-hydrogen) atoms. The second kappa shape index (κ2) is 2.10. The average Bonchev–Trinajstić information content (AvgIpc) is 2.59. The van der Waals surface area contributed by atoms with Crippen LogP contribution in [0.2, 0.25) is 0 Å². The number of nitrogens with zero attached hydrogens (tertiary/aromatic N) is 2. The molecule has 1 atom stereocenters. The van der Waals surface area contributed by atoms with Crippen LogP contribution in [-0.2, 0) is 25.8 Å². The lowest BCUT2D eigenvalue weighted by Gasteiger charge is -2.02. The van der Waals surface area contributed by atoms with Gasteiger partial charge in [-0.25, -0.2) is 4.98 Å². The Kier molecular flexibility index (Phi) is 1.17. The first-order valence-electron chi connectivity index (χ1n) is 4.67. The molecule has 3 heteroatoms. The minimum atomic E-state index is 0.318. The van der Waals surface area contributed by atoms with Crippen molar-refractivity contribution in [3.8, 4) is 0 Å². The highest BCUT2D eigenvalue weighted by Crippen LogP contribution is 2.26. The zero-order valence-electron chi connectivity index (χ0n) is 7.08. The maximum atomic E-state index is 5.86. The van der Waals surface area contributed by atoms with Gasteiger partial charge in [0, 0.05) is 24.7 Å². The fourth-order valence-corrected chi connectivity index (χ4v) is 2.40. The summed E-state index contributed by atoms with van der Waals surface area (Å²) in [6.45, 7) is 0.998. The predicted molar refractivity (Wildman–Crippen MR) is 45.9 cm³/mol. The molecule has 64 valence electrons. The molecule has 0 bridgehead atoms. The maximum absolute atomic E-state index is 5.86. The second-order valence-corrected chi connectivity index (χ2v) is 3.85. The van der Waals surface area contributed by atoms with E-state index in [0.717, 1.165) is 13.0 Å². The van der Waals surface area contributed by atoms with Crippen molar-refractivity contribution in [3.63, 3.8) is 0 Å². The lowest BCUT2D eigenvalue weighted by Crippen LogP contribution is -2.21. The Hall–Kier alpha value is -0.830. The molecule has 0 radical (unpaired) electrons. The molecular weight excluding hydrogens is 150 g/mol. The molecule has 0 aromatic carbocycles. The number of rotatable bonds is 0. The molecule has 1 aromatic rings. The topological polar surface area (TPSA) is 43.8 Å². The summed E-state index contributed by atoms with van der Waals surface area (Å²) in [6, 6.07) is 0.318. The van der Waals surface area contributed by atoms with E-state index in [1.165, 1.54) is 36.5 Å². The van der Waals surface area contributed by atoms with Crippen LogP contribution in [0.15, 0.2) is 0 Å². The van der Waals surface area contributed by atoms with Crippen molar-refractivity contribution in [3.05, 3.63) is 17.2 Å². The predicted octanol–water partition coefficient (Wildman–Crippen LogP) is 0.255. The van der Waals surface area contributed by atoms with Crippen LogP contribution in [0.1, 0.15) is 23.6 Å². The first-order chi connectivity index (χ1) is 5.84. The van der Waals surface area contributed by atoms with Gasteiger partial charge in [-0.05, 0) is 19.3 Å². The molecule has 1 aliphatic heterocycles. The molecule has 0 saturated heterocycles. The number of hydrogen-bond donors (Lipinski definition) is 1. The molecule has 1 aromatic heterocycles. The van der Waals surface area contributed by atoms with Gasteiger partial charge in [0.2, 0.25) is 0 Å². The molecule has 2 heterocycles. The van der Waals surface area contributed by atoms with Crippen LogP contribution in [-0.4, -0.2) is 15.6 Å². The van der Waals surface area contributed by atoms with Gasteiger partial charge in [0.25, 0.3) is 0 Å². The fourth-order valence-electron chi connectivity index (χ4n) is 2.40. The lowest BCUT2D eigenvalue weighted by atomic mass is 10.2. The van der Waals surface area contributed by atoms with E-state index in [2.05, 4.69) is 9.55 Å². The number of fused-ring (bicyclic) bond motifs is 3. The van der Waals surface area contributed by atoms with Gasteiger partial charge in [0.15, 0.2) is 0 Å². The van der Waals surface area contributed by atoms with E-state index in [0.29, 0.717) is 6.04 Å². The molecule has 0 spiro atoms. The molecular formula is C9H13N3. The van der Waals surface area contributed by atoms with Gasteiger partial charge in [0.05, 0.1) is 5.69 Å². The molecule has 0 saturated carbocycles. The van der Waals surface area contributed by atoms with E-state index in [-0.39, 0.29) is 0 Å².